The SMILES string of the molecule is CCC(CC)N(CCC(=O)N(C)OC)C(=O)OC(C)(C)C. The average molecular weight is 302 g/mol. The van der Waals surface area contributed by atoms with Crippen molar-refractivity contribution < 1.29 is 19.2 Å². The number of nitrogens with zero attached hydrogens (tertiary/aromatic N) is 2. The first-order chi connectivity index (χ1) is 9.66. The average Bonchev–Trinajstić information content (AvgIpc) is 2.39. The van der Waals surface area contributed by atoms with Crippen molar-refractivity contribution in [1.82, 2.24) is 9.96 Å². The number of hydroxylamine groups is 2. The Hall–Kier alpha value is -1.30. The number of carbonyl (C=O) groups excluding carboxylic acids is 2. The third kappa shape index (κ3) is 7.32. The molecule has 0 heterocycles. The van der Waals surface area contributed by atoms with Crippen LogP contribution in [0.25, 0.3) is 0 Å². The molecule has 0 rings (SSSR count). The van der Waals surface area contributed by atoms with Crippen molar-refractivity contribution in [3.05, 3.63) is 0 Å². The lowest BCUT2D eigenvalue weighted by atomic mass is 10.1. The first-order valence-electron chi connectivity index (χ1n) is 7.46. The maximum atomic E-state index is 12.3. The zero-order valence-electron chi connectivity index (χ0n) is 14.4. The van der Waals surface area contributed by atoms with Gasteiger partial charge in [-0.3, -0.25) is 9.63 Å². The maximum Gasteiger partial charge on any atom is 0.410 e. The van der Waals surface area contributed by atoms with Gasteiger partial charge in [-0.2, -0.15) is 0 Å². The van der Waals surface area contributed by atoms with E-state index in [0.29, 0.717) is 6.54 Å². The normalized spacial score (nSPS) is 11.4. The topological polar surface area (TPSA) is 59.1 Å². The summed E-state index contributed by atoms with van der Waals surface area (Å²) < 4.78 is 5.43. The maximum absolute atomic E-state index is 12.3. The second-order valence-corrected chi connectivity index (χ2v) is 5.97. The van der Waals surface area contributed by atoms with Crippen LogP contribution in [0.3, 0.4) is 0 Å². The van der Waals surface area contributed by atoms with E-state index in [1.54, 1.807) is 11.9 Å². The Morgan fingerprint density at radius 1 is 1.14 bits per heavy atom. The summed E-state index contributed by atoms with van der Waals surface area (Å²) in [7, 11) is 2.99. The van der Waals surface area contributed by atoms with E-state index in [1.807, 2.05) is 34.6 Å². The second-order valence-electron chi connectivity index (χ2n) is 5.97. The van der Waals surface area contributed by atoms with Gasteiger partial charge in [-0.25, -0.2) is 9.86 Å². The molecule has 0 aliphatic carbocycles. The molecule has 0 aromatic carbocycles. The number of carbonyl (C=O) groups is 2. The minimum atomic E-state index is -0.547. The van der Waals surface area contributed by atoms with Crippen LogP contribution in [-0.2, 0) is 14.4 Å². The zero-order chi connectivity index (χ0) is 16.6. The molecule has 0 spiro atoms. The van der Waals surface area contributed by atoms with Crippen LogP contribution in [0.4, 0.5) is 4.79 Å². The van der Waals surface area contributed by atoms with Crippen LogP contribution in [0, 0.1) is 0 Å². The van der Waals surface area contributed by atoms with E-state index in [2.05, 4.69) is 0 Å². The summed E-state index contributed by atoms with van der Waals surface area (Å²) in [4.78, 5) is 30.6. The van der Waals surface area contributed by atoms with Crippen molar-refractivity contribution in [3.8, 4) is 0 Å². The van der Waals surface area contributed by atoms with Crippen LogP contribution in [-0.4, -0.2) is 54.3 Å². The zero-order valence-corrected chi connectivity index (χ0v) is 14.4. The lowest BCUT2D eigenvalue weighted by molar-refractivity contribution is -0.168. The highest BCUT2D eigenvalue weighted by molar-refractivity contribution is 5.76. The molecule has 0 aliphatic heterocycles. The first-order valence-corrected chi connectivity index (χ1v) is 7.46. The molecule has 0 saturated heterocycles. The van der Waals surface area contributed by atoms with E-state index in [-0.39, 0.29) is 24.5 Å². The second kappa shape index (κ2) is 8.87. The van der Waals surface area contributed by atoms with Gasteiger partial charge in [0, 0.05) is 26.1 Å². The van der Waals surface area contributed by atoms with E-state index in [1.165, 1.54) is 12.2 Å². The van der Waals surface area contributed by atoms with Gasteiger partial charge in [-0.1, -0.05) is 13.8 Å². The lowest BCUT2D eigenvalue weighted by Crippen LogP contribution is -2.44. The van der Waals surface area contributed by atoms with Crippen molar-refractivity contribution in [3.63, 3.8) is 0 Å². The molecular formula is C15H30N2O4. The molecule has 0 bridgehead atoms. The van der Waals surface area contributed by atoms with Crippen molar-refractivity contribution in [2.45, 2.75) is 65.5 Å². The summed E-state index contributed by atoms with van der Waals surface area (Å²) in [5.74, 6) is -0.169. The Bertz CT molecular complexity index is 335. The molecule has 21 heavy (non-hydrogen) atoms. The predicted octanol–water partition coefficient (Wildman–Crippen LogP) is 2.82. The summed E-state index contributed by atoms with van der Waals surface area (Å²) >= 11 is 0. The van der Waals surface area contributed by atoms with Crippen molar-refractivity contribution in [2.75, 3.05) is 20.7 Å². The molecule has 0 atom stereocenters. The molecule has 0 aromatic heterocycles. The van der Waals surface area contributed by atoms with Crippen molar-refractivity contribution in [1.29, 1.82) is 0 Å². The number of amides is 2. The Labute approximate surface area is 128 Å². The first kappa shape index (κ1) is 19.7. The molecular weight excluding hydrogens is 272 g/mol. The molecule has 0 radical (unpaired) electrons. The molecule has 2 amide bonds. The molecule has 6 heteroatoms. The summed E-state index contributed by atoms with van der Waals surface area (Å²) in [6.45, 7) is 9.87. The highest BCUT2D eigenvalue weighted by atomic mass is 16.7. The molecule has 0 saturated carbocycles. The summed E-state index contributed by atoms with van der Waals surface area (Å²) in [6, 6.07) is 0.0699. The van der Waals surface area contributed by atoms with E-state index >= 15 is 0 Å². The fraction of sp³-hybridized carbons (Fsp3) is 0.867. The molecule has 0 fully saturated rings. The quantitative estimate of drug-likeness (QED) is 0.679. The van der Waals surface area contributed by atoms with Gasteiger partial charge in [0.1, 0.15) is 5.60 Å². The Morgan fingerprint density at radius 2 is 1.67 bits per heavy atom. The van der Waals surface area contributed by atoms with E-state index < -0.39 is 5.60 Å². The van der Waals surface area contributed by atoms with Gasteiger partial charge in [-0.05, 0) is 33.6 Å². The predicted molar refractivity (Wildman–Crippen MR) is 81.7 cm³/mol. The lowest BCUT2D eigenvalue weighted by Gasteiger charge is -2.32. The van der Waals surface area contributed by atoms with Gasteiger partial charge in [0.2, 0.25) is 5.91 Å². The molecule has 0 unspecified atom stereocenters. The molecule has 124 valence electrons. The van der Waals surface area contributed by atoms with Gasteiger partial charge in [0.15, 0.2) is 0 Å². The van der Waals surface area contributed by atoms with Crippen molar-refractivity contribution in [2.24, 2.45) is 0 Å². The molecule has 0 N–H and O–H groups in total. The fourth-order valence-corrected chi connectivity index (χ4v) is 1.95. The third-order valence-electron chi connectivity index (χ3n) is 3.20. The monoisotopic (exact) mass is 302 g/mol. The van der Waals surface area contributed by atoms with Crippen LogP contribution in [0.15, 0.2) is 0 Å². The van der Waals surface area contributed by atoms with Crippen molar-refractivity contribution >= 4 is 12.0 Å². The van der Waals surface area contributed by atoms with Crippen LogP contribution < -0.4 is 0 Å². The molecule has 0 aromatic rings. The van der Waals surface area contributed by atoms with Crippen LogP contribution in [0.2, 0.25) is 0 Å². The highest BCUT2D eigenvalue weighted by Crippen LogP contribution is 2.16. The largest absolute Gasteiger partial charge is 0.444 e. The smallest absolute Gasteiger partial charge is 0.410 e. The number of hydrogen-bond acceptors (Lipinski definition) is 4. The fourth-order valence-electron chi connectivity index (χ4n) is 1.95. The van der Waals surface area contributed by atoms with E-state index in [4.69, 9.17) is 9.57 Å². The van der Waals surface area contributed by atoms with Crippen LogP contribution in [0.5, 0.6) is 0 Å². The molecule has 0 aliphatic rings. The summed E-state index contributed by atoms with van der Waals surface area (Å²) in [5.41, 5.74) is -0.547. The standard InChI is InChI=1S/C15H30N2O4/c1-8-12(9-2)17(14(19)21-15(3,4)5)11-10-13(18)16(6)20-7/h12H,8-11H2,1-7H3. The number of hydrogen-bond donors (Lipinski definition) is 0. The molecule has 6 nitrogen and oxygen atoms in total. The van der Waals surface area contributed by atoms with Gasteiger partial charge < -0.3 is 9.64 Å². The Balaban J connectivity index is 4.83. The minimum Gasteiger partial charge on any atom is -0.444 e. The van der Waals surface area contributed by atoms with Crippen LogP contribution in [0.1, 0.15) is 53.9 Å². The Kier molecular flexibility index (Phi) is 8.32. The van der Waals surface area contributed by atoms with Gasteiger partial charge in [0.05, 0.1) is 7.11 Å². The third-order valence-corrected chi connectivity index (χ3v) is 3.20. The van der Waals surface area contributed by atoms with E-state index in [0.717, 1.165) is 12.8 Å². The van der Waals surface area contributed by atoms with E-state index in [9.17, 15) is 9.59 Å². The van der Waals surface area contributed by atoms with Gasteiger partial charge >= 0.3 is 6.09 Å². The number of rotatable bonds is 7. The van der Waals surface area contributed by atoms with Gasteiger partial charge in [0.25, 0.3) is 0 Å². The van der Waals surface area contributed by atoms with Crippen LogP contribution >= 0.6 is 0 Å². The Morgan fingerprint density at radius 3 is 2.05 bits per heavy atom. The number of ether oxygens (including phenoxy) is 1. The minimum absolute atomic E-state index is 0.0699. The van der Waals surface area contributed by atoms with Gasteiger partial charge in [-0.15, -0.1) is 0 Å². The summed E-state index contributed by atoms with van der Waals surface area (Å²) in [5, 5.41) is 1.17. The summed E-state index contributed by atoms with van der Waals surface area (Å²) in [6.07, 6.45) is 1.48. The highest BCUT2D eigenvalue weighted by Gasteiger charge is 2.27.